The van der Waals surface area contributed by atoms with Gasteiger partial charge >= 0.3 is 0 Å². The molecule has 1 heterocycles. The minimum atomic E-state index is 0.477. The predicted octanol–water partition coefficient (Wildman–Crippen LogP) is 1.14. The third kappa shape index (κ3) is 2.46. The number of ketones is 1. The highest BCUT2D eigenvalue weighted by atomic mass is 16.1. The van der Waals surface area contributed by atoms with Crippen LogP contribution < -0.4 is 0 Å². The van der Waals surface area contributed by atoms with Gasteiger partial charge in [-0.15, -0.1) is 0 Å². The lowest BCUT2D eigenvalue weighted by Gasteiger charge is -2.37. The third-order valence-corrected chi connectivity index (χ3v) is 4.36. The van der Waals surface area contributed by atoms with Crippen molar-refractivity contribution in [1.82, 2.24) is 9.80 Å². The molecule has 3 rings (SSSR count). The molecule has 2 saturated carbocycles. The first-order chi connectivity index (χ1) is 7.81. The van der Waals surface area contributed by atoms with Crippen molar-refractivity contribution in [1.29, 1.82) is 0 Å². The fraction of sp³-hybridized carbons (Fsp3) is 0.923. The molecule has 3 nitrogen and oxygen atoms in total. The molecular formula is C13H22N2O. The maximum atomic E-state index is 11.3. The van der Waals surface area contributed by atoms with Gasteiger partial charge in [0, 0.05) is 51.6 Å². The van der Waals surface area contributed by atoms with Gasteiger partial charge in [-0.25, -0.2) is 0 Å². The van der Waals surface area contributed by atoms with Gasteiger partial charge in [-0.2, -0.15) is 0 Å². The van der Waals surface area contributed by atoms with Crippen molar-refractivity contribution in [2.45, 2.75) is 38.1 Å². The zero-order chi connectivity index (χ0) is 11.0. The van der Waals surface area contributed by atoms with Crippen LogP contribution in [-0.2, 0) is 4.79 Å². The van der Waals surface area contributed by atoms with E-state index < -0.39 is 0 Å². The number of carbonyl (C=O) groups is 1. The van der Waals surface area contributed by atoms with Crippen molar-refractivity contribution < 1.29 is 4.79 Å². The van der Waals surface area contributed by atoms with E-state index >= 15 is 0 Å². The van der Waals surface area contributed by atoms with Crippen molar-refractivity contribution in [2.24, 2.45) is 5.92 Å². The number of hydrogen-bond acceptors (Lipinski definition) is 3. The van der Waals surface area contributed by atoms with Gasteiger partial charge in [-0.3, -0.25) is 9.69 Å². The van der Waals surface area contributed by atoms with E-state index in [0.29, 0.717) is 11.8 Å². The average Bonchev–Trinajstić information content (AvgIpc) is 3.00. The highest BCUT2D eigenvalue weighted by molar-refractivity contribution is 5.81. The number of piperazine rings is 1. The highest BCUT2D eigenvalue weighted by Crippen LogP contribution is 2.30. The van der Waals surface area contributed by atoms with Gasteiger partial charge in [0.05, 0.1) is 0 Å². The summed E-state index contributed by atoms with van der Waals surface area (Å²) in [6, 6.07) is 0.579. The zero-order valence-electron chi connectivity index (χ0n) is 10.0. The van der Waals surface area contributed by atoms with E-state index in [2.05, 4.69) is 9.80 Å². The minimum Gasteiger partial charge on any atom is -0.301 e. The summed E-state index contributed by atoms with van der Waals surface area (Å²) in [6.07, 6.45) is 5.67. The van der Waals surface area contributed by atoms with Crippen molar-refractivity contribution in [2.75, 3.05) is 32.7 Å². The second-order valence-electron chi connectivity index (χ2n) is 5.72. The van der Waals surface area contributed by atoms with Gasteiger partial charge in [0.1, 0.15) is 5.78 Å². The lowest BCUT2D eigenvalue weighted by atomic mass is 10.1. The van der Waals surface area contributed by atoms with Gasteiger partial charge < -0.3 is 4.90 Å². The summed E-state index contributed by atoms with van der Waals surface area (Å²) in [7, 11) is 0. The average molecular weight is 222 g/mol. The molecule has 1 unspecified atom stereocenters. The van der Waals surface area contributed by atoms with Crippen molar-refractivity contribution >= 4 is 5.78 Å². The fourth-order valence-corrected chi connectivity index (χ4v) is 3.08. The molecular weight excluding hydrogens is 200 g/mol. The Morgan fingerprint density at radius 2 is 1.81 bits per heavy atom. The molecule has 3 fully saturated rings. The number of Topliss-reactive ketones (excluding diaryl/α,β-unsaturated/α-hetero) is 1. The molecule has 0 aromatic heterocycles. The van der Waals surface area contributed by atoms with Crippen LogP contribution in [0.1, 0.15) is 32.1 Å². The second kappa shape index (κ2) is 4.46. The summed E-state index contributed by atoms with van der Waals surface area (Å²) in [6.45, 7) is 6.15. The van der Waals surface area contributed by atoms with Crippen LogP contribution in [0.3, 0.4) is 0 Å². The topological polar surface area (TPSA) is 23.6 Å². The molecule has 3 heteroatoms. The molecule has 1 atom stereocenters. The zero-order valence-corrected chi connectivity index (χ0v) is 10.0. The second-order valence-corrected chi connectivity index (χ2v) is 5.72. The first kappa shape index (κ1) is 10.7. The Balaban J connectivity index is 1.44. The molecule has 16 heavy (non-hydrogen) atoms. The smallest absolute Gasteiger partial charge is 0.134 e. The van der Waals surface area contributed by atoms with E-state index in [9.17, 15) is 4.79 Å². The first-order valence-electron chi connectivity index (χ1n) is 6.79. The molecule has 0 spiro atoms. The summed E-state index contributed by atoms with van der Waals surface area (Å²) < 4.78 is 0. The SMILES string of the molecule is O=C1CCC(N2CCN(CC3CC3)CC2)C1. The molecule has 2 aliphatic carbocycles. The van der Waals surface area contributed by atoms with Crippen LogP contribution in [0, 0.1) is 5.92 Å². The standard InChI is InChI=1S/C13H22N2O/c16-13-4-3-12(9-13)15-7-5-14(6-8-15)10-11-1-2-11/h11-12H,1-10H2. The summed E-state index contributed by atoms with van der Waals surface area (Å²) in [5.74, 6) is 1.49. The van der Waals surface area contributed by atoms with Gasteiger partial charge in [0.2, 0.25) is 0 Å². The normalized spacial score (nSPS) is 33.5. The van der Waals surface area contributed by atoms with Gasteiger partial charge in [0.25, 0.3) is 0 Å². The maximum Gasteiger partial charge on any atom is 0.134 e. The van der Waals surface area contributed by atoms with Crippen molar-refractivity contribution in [3.05, 3.63) is 0 Å². The molecule has 90 valence electrons. The summed E-state index contributed by atoms with van der Waals surface area (Å²) >= 11 is 0. The largest absolute Gasteiger partial charge is 0.301 e. The van der Waals surface area contributed by atoms with Crippen LogP contribution in [-0.4, -0.2) is 54.3 Å². The quantitative estimate of drug-likeness (QED) is 0.715. The summed E-state index contributed by atoms with van der Waals surface area (Å²) in [5, 5.41) is 0. The number of rotatable bonds is 3. The monoisotopic (exact) mass is 222 g/mol. The minimum absolute atomic E-state index is 0.477. The van der Waals surface area contributed by atoms with Crippen LogP contribution in [0.4, 0.5) is 0 Å². The Morgan fingerprint density at radius 1 is 1.06 bits per heavy atom. The van der Waals surface area contributed by atoms with Gasteiger partial charge in [0.15, 0.2) is 0 Å². The summed E-state index contributed by atoms with van der Waals surface area (Å²) in [4.78, 5) is 16.4. The van der Waals surface area contributed by atoms with Gasteiger partial charge in [-0.05, 0) is 25.2 Å². The van der Waals surface area contributed by atoms with Crippen LogP contribution in [0.15, 0.2) is 0 Å². The molecule has 1 saturated heterocycles. The van der Waals surface area contributed by atoms with Crippen molar-refractivity contribution in [3.8, 4) is 0 Å². The first-order valence-corrected chi connectivity index (χ1v) is 6.79. The molecule has 0 aromatic rings. The van der Waals surface area contributed by atoms with Crippen LogP contribution in [0.2, 0.25) is 0 Å². The van der Waals surface area contributed by atoms with Gasteiger partial charge in [-0.1, -0.05) is 0 Å². The Bertz CT molecular complexity index is 267. The molecule has 0 amide bonds. The molecule has 0 aromatic carbocycles. The van der Waals surface area contributed by atoms with E-state index in [1.165, 1.54) is 45.6 Å². The lowest BCUT2D eigenvalue weighted by molar-refractivity contribution is -0.117. The Kier molecular flexibility index (Phi) is 2.99. The third-order valence-electron chi connectivity index (χ3n) is 4.36. The number of nitrogens with zero attached hydrogens (tertiary/aromatic N) is 2. The lowest BCUT2D eigenvalue weighted by Crippen LogP contribution is -2.50. The van der Waals surface area contributed by atoms with Crippen LogP contribution >= 0.6 is 0 Å². The van der Waals surface area contributed by atoms with E-state index in [1.807, 2.05) is 0 Å². The molecule has 3 aliphatic rings. The Labute approximate surface area is 97.8 Å². The molecule has 0 bridgehead atoms. The van der Waals surface area contributed by atoms with E-state index in [4.69, 9.17) is 0 Å². The van der Waals surface area contributed by atoms with E-state index in [0.717, 1.165) is 25.2 Å². The fourth-order valence-electron chi connectivity index (χ4n) is 3.08. The Morgan fingerprint density at radius 3 is 2.38 bits per heavy atom. The van der Waals surface area contributed by atoms with E-state index in [1.54, 1.807) is 0 Å². The van der Waals surface area contributed by atoms with Crippen LogP contribution in [0.25, 0.3) is 0 Å². The predicted molar refractivity (Wildman–Crippen MR) is 63.4 cm³/mol. The van der Waals surface area contributed by atoms with Crippen LogP contribution in [0.5, 0.6) is 0 Å². The van der Waals surface area contributed by atoms with E-state index in [-0.39, 0.29) is 0 Å². The molecule has 1 aliphatic heterocycles. The number of hydrogen-bond donors (Lipinski definition) is 0. The maximum absolute atomic E-state index is 11.3. The summed E-state index contributed by atoms with van der Waals surface area (Å²) in [5.41, 5.74) is 0. The molecule has 0 N–H and O–H groups in total. The highest BCUT2D eigenvalue weighted by Gasteiger charge is 2.31. The van der Waals surface area contributed by atoms with Crippen molar-refractivity contribution in [3.63, 3.8) is 0 Å². The number of carbonyl (C=O) groups excluding carboxylic acids is 1. The Hall–Kier alpha value is -0.410. The molecule has 0 radical (unpaired) electrons.